The maximum Gasteiger partial charge on any atom is 0.264 e. The number of methoxy groups -OCH3 is 2. The predicted molar refractivity (Wildman–Crippen MR) is 136 cm³/mol. The second-order valence-corrected chi connectivity index (χ2v) is 10.4. The Hall–Kier alpha value is -3.52. The molecule has 4 rings (SSSR count). The normalized spacial score (nSPS) is 15.1. The van der Waals surface area contributed by atoms with Gasteiger partial charge in [-0.15, -0.1) is 0 Å². The van der Waals surface area contributed by atoms with Gasteiger partial charge in [-0.25, -0.2) is 8.42 Å². The minimum absolute atomic E-state index is 0.0868. The maximum atomic E-state index is 13.8. The summed E-state index contributed by atoms with van der Waals surface area (Å²) in [6, 6.07) is 19.3. The molecule has 0 aromatic heterocycles. The van der Waals surface area contributed by atoms with E-state index < -0.39 is 22.5 Å². The molecule has 0 fully saturated rings. The second-order valence-electron chi connectivity index (χ2n) is 8.57. The van der Waals surface area contributed by atoms with Crippen LogP contribution in [0.1, 0.15) is 35.6 Å². The summed E-state index contributed by atoms with van der Waals surface area (Å²) >= 11 is 0. The molecule has 1 aliphatic rings. The number of carbonyl (C=O) groups excluding carboxylic acids is 1. The van der Waals surface area contributed by atoms with Crippen molar-refractivity contribution in [2.24, 2.45) is 0 Å². The Morgan fingerprint density at radius 2 is 1.77 bits per heavy atom. The summed E-state index contributed by atoms with van der Waals surface area (Å²) in [6.07, 6.45) is 2.73. The maximum absolute atomic E-state index is 13.8. The molecular weight excluding hydrogens is 464 g/mol. The number of ether oxygens (including phenoxy) is 2. The summed E-state index contributed by atoms with van der Waals surface area (Å²) < 4.78 is 39.4. The van der Waals surface area contributed by atoms with Crippen LogP contribution in [-0.4, -0.2) is 35.1 Å². The van der Waals surface area contributed by atoms with Crippen LogP contribution >= 0.6 is 0 Å². The third-order valence-corrected chi connectivity index (χ3v) is 8.03. The topological polar surface area (TPSA) is 84.9 Å². The Bertz CT molecular complexity index is 1310. The van der Waals surface area contributed by atoms with Crippen LogP contribution in [0.25, 0.3) is 0 Å². The molecule has 3 aromatic rings. The molecule has 7 nitrogen and oxygen atoms in total. The summed E-state index contributed by atoms with van der Waals surface area (Å²) in [5, 5.41) is 3.06. The monoisotopic (exact) mass is 494 g/mol. The lowest BCUT2D eigenvalue weighted by atomic mass is 9.88. The lowest BCUT2D eigenvalue weighted by Gasteiger charge is -2.29. The van der Waals surface area contributed by atoms with Crippen LogP contribution in [0, 0.1) is 6.92 Å². The first-order chi connectivity index (χ1) is 16.8. The summed E-state index contributed by atoms with van der Waals surface area (Å²) in [6.45, 7) is 1.48. The molecule has 1 amide bonds. The zero-order chi connectivity index (χ0) is 25.0. The highest BCUT2D eigenvalue weighted by atomic mass is 32.2. The number of amides is 1. The van der Waals surface area contributed by atoms with Gasteiger partial charge in [0.2, 0.25) is 5.91 Å². The van der Waals surface area contributed by atoms with Crippen molar-refractivity contribution in [2.45, 2.75) is 37.1 Å². The van der Waals surface area contributed by atoms with E-state index in [9.17, 15) is 13.2 Å². The van der Waals surface area contributed by atoms with Gasteiger partial charge < -0.3 is 14.8 Å². The van der Waals surface area contributed by atoms with E-state index in [1.807, 2.05) is 25.1 Å². The van der Waals surface area contributed by atoms with Crippen molar-refractivity contribution in [2.75, 3.05) is 25.1 Å². The van der Waals surface area contributed by atoms with E-state index in [2.05, 4.69) is 11.4 Å². The number of carbonyl (C=O) groups is 1. The second kappa shape index (κ2) is 10.4. The Kier molecular flexibility index (Phi) is 7.31. The van der Waals surface area contributed by atoms with E-state index >= 15 is 0 Å². The molecule has 0 heterocycles. The average molecular weight is 495 g/mol. The van der Waals surface area contributed by atoms with Gasteiger partial charge in [0, 0.05) is 6.07 Å². The standard InChI is InChI=1S/C27H30N2O5S/c1-19-11-14-22(15-12-19)35(31,32)29(25-17-21(33-2)13-16-26(25)34-3)18-27(30)28-24-10-6-8-20-7-4-5-9-23(20)24/h4-5,7,9,11-17,24H,6,8,10,18H2,1-3H3,(H,28,30)/t24-/m1/s1. The molecule has 1 aliphatic carbocycles. The summed E-state index contributed by atoms with van der Waals surface area (Å²) in [5.74, 6) is 0.371. The van der Waals surface area contributed by atoms with Gasteiger partial charge in [0.1, 0.15) is 18.0 Å². The highest BCUT2D eigenvalue weighted by Crippen LogP contribution is 2.36. The number of anilines is 1. The number of nitrogens with one attached hydrogen (secondary N) is 1. The van der Waals surface area contributed by atoms with Crippen LogP contribution in [0.2, 0.25) is 0 Å². The molecule has 0 aliphatic heterocycles. The van der Waals surface area contributed by atoms with E-state index in [0.717, 1.165) is 34.7 Å². The summed E-state index contributed by atoms with van der Waals surface area (Å²) in [5.41, 5.74) is 3.46. The van der Waals surface area contributed by atoms with Crippen molar-refractivity contribution in [1.82, 2.24) is 5.32 Å². The van der Waals surface area contributed by atoms with Crippen molar-refractivity contribution >= 4 is 21.6 Å². The first-order valence-electron chi connectivity index (χ1n) is 11.5. The molecule has 0 saturated heterocycles. The highest BCUT2D eigenvalue weighted by molar-refractivity contribution is 7.92. The quantitative estimate of drug-likeness (QED) is 0.502. The van der Waals surface area contributed by atoms with Crippen LogP contribution in [0.3, 0.4) is 0 Å². The van der Waals surface area contributed by atoms with Crippen molar-refractivity contribution in [1.29, 1.82) is 0 Å². The molecule has 0 unspecified atom stereocenters. The Labute approximate surface area is 206 Å². The van der Waals surface area contributed by atoms with Crippen LogP contribution in [0.4, 0.5) is 5.69 Å². The van der Waals surface area contributed by atoms with Crippen LogP contribution < -0.4 is 19.1 Å². The van der Waals surface area contributed by atoms with Gasteiger partial charge in [-0.05, 0) is 61.6 Å². The van der Waals surface area contributed by atoms with Crippen molar-refractivity contribution < 1.29 is 22.7 Å². The van der Waals surface area contributed by atoms with Gasteiger partial charge in [-0.1, -0.05) is 42.0 Å². The van der Waals surface area contributed by atoms with Gasteiger partial charge >= 0.3 is 0 Å². The smallest absolute Gasteiger partial charge is 0.264 e. The molecule has 184 valence electrons. The van der Waals surface area contributed by atoms with Gasteiger partial charge in [0.05, 0.1) is 30.8 Å². The number of rotatable bonds is 8. The number of aryl methyl sites for hydroxylation is 2. The van der Waals surface area contributed by atoms with Crippen LogP contribution in [0.15, 0.2) is 71.6 Å². The fourth-order valence-electron chi connectivity index (χ4n) is 4.40. The zero-order valence-corrected chi connectivity index (χ0v) is 21.0. The van der Waals surface area contributed by atoms with Gasteiger partial charge in [0.25, 0.3) is 10.0 Å². The molecule has 0 spiro atoms. The fraction of sp³-hybridized carbons (Fsp3) is 0.296. The van der Waals surface area contributed by atoms with E-state index in [-0.39, 0.29) is 16.6 Å². The number of nitrogens with zero attached hydrogens (tertiary/aromatic N) is 1. The molecule has 0 bridgehead atoms. The van der Waals surface area contributed by atoms with Crippen molar-refractivity contribution in [3.05, 3.63) is 83.4 Å². The summed E-state index contributed by atoms with van der Waals surface area (Å²) in [7, 11) is -1.13. The number of hydrogen-bond donors (Lipinski definition) is 1. The van der Waals surface area contributed by atoms with E-state index in [0.29, 0.717) is 11.5 Å². The SMILES string of the molecule is COc1ccc(OC)c(N(CC(=O)N[C@@H]2CCCc3ccccc32)S(=O)(=O)c2ccc(C)cc2)c1. The van der Waals surface area contributed by atoms with Crippen molar-refractivity contribution in [3.8, 4) is 11.5 Å². The first-order valence-corrected chi connectivity index (χ1v) is 13.0. The average Bonchev–Trinajstić information content (AvgIpc) is 2.87. The lowest BCUT2D eigenvalue weighted by Crippen LogP contribution is -2.42. The van der Waals surface area contributed by atoms with Gasteiger partial charge in [-0.2, -0.15) is 0 Å². The Morgan fingerprint density at radius 1 is 1.03 bits per heavy atom. The highest BCUT2D eigenvalue weighted by Gasteiger charge is 2.31. The van der Waals surface area contributed by atoms with E-state index in [1.54, 1.807) is 42.5 Å². The minimum atomic E-state index is -4.09. The number of fused-ring (bicyclic) bond motifs is 1. The van der Waals surface area contributed by atoms with Gasteiger partial charge in [-0.3, -0.25) is 9.10 Å². The fourth-order valence-corrected chi connectivity index (χ4v) is 5.83. The molecule has 8 heteroatoms. The molecular formula is C27H30N2O5S. The zero-order valence-electron chi connectivity index (χ0n) is 20.2. The molecule has 0 saturated carbocycles. The molecule has 35 heavy (non-hydrogen) atoms. The van der Waals surface area contributed by atoms with Gasteiger partial charge in [0.15, 0.2) is 0 Å². The van der Waals surface area contributed by atoms with E-state index in [4.69, 9.17) is 9.47 Å². The van der Waals surface area contributed by atoms with E-state index in [1.165, 1.54) is 19.8 Å². The Balaban J connectivity index is 1.70. The third kappa shape index (κ3) is 5.27. The number of benzene rings is 3. The van der Waals surface area contributed by atoms with Crippen LogP contribution in [0.5, 0.6) is 11.5 Å². The third-order valence-electron chi connectivity index (χ3n) is 6.26. The minimum Gasteiger partial charge on any atom is -0.497 e. The number of hydrogen-bond acceptors (Lipinski definition) is 5. The molecule has 1 N–H and O–H groups in total. The summed E-state index contributed by atoms with van der Waals surface area (Å²) in [4.78, 5) is 13.4. The lowest BCUT2D eigenvalue weighted by molar-refractivity contribution is -0.120. The molecule has 0 radical (unpaired) electrons. The largest absolute Gasteiger partial charge is 0.497 e. The molecule has 1 atom stereocenters. The first kappa shape index (κ1) is 24.6. The van der Waals surface area contributed by atoms with Crippen LogP contribution in [-0.2, 0) is 21.2 Å². The Morgan fingerprint density at radius 3 is 2.49 bits per heavy atom. The number of sulfonamides is 1. The molecule has 3 aromatic carbocycles. The van der Waals surface area contributed by atoms with Crippen molar-refractivity contribution in [3.63, 3.8) is 0 Å². The predicted octanol–water partition coefficient (Wildman–Crippen LogP) is 4.40.